The second kappa shape index (κ2) is 7.33. The number of halogens is 2. The number of nitrogens with zero attached hydrogens (tertiary/aromatic N) is 2. The molecule has 0 fully saturated rings. The smallest absolute Gasteiger partial charge is 0.0834 e. The molecule has 2 rings (SSSR count). The van der Waals surface area contributed by atoms with Crippen molar-refractivity contribution in [3.8, 4) is 0 Å². The second-order valence-corrected chi connectivity index (χ2v) is 6.12. The molecule has 7 heteroatoms. The maximum absolute atomic E-state index is 6.19. The summed E-state index contributed by atoms with van der Waals surface area (Å²) < 4.78 is 1.85. The van der Waals surface area contributed by atoms with Gasteiger partial charge in [-0.3, -0.25) is 16.0 Å². The molecule has 4 nitrogen and oxygen atoms in total. The zero-order valence-electron chi connectivity index (χ0n) is 11.0. The summed E-state index contributed by atoms with van der Waals surface area (Å²) in [6, 6.07) is 7.65. The first kappa shape index (κ1) is 15.7. The Morgan fingerprint density at radius 1 is 1.45 bits per heavy atom. The molecule has 0 aliphatic carbocycles. The molecule has 0 amide bonds. The van der Waals surface area contributed by atoms with E-state index in [1.807, 2.05) is 35.9 Å². The lowest BCUT2D eigenvalue weighted by atomic mass is 10.2. The third-order valence-electron chi connectivity index (χ3n) is 2.88. The standard InChI is InChI=1S/C13H16Cl2N4S/c1-2-19-13(11(15)7-17-19)12(18-16)8-20-10-5-3-4-9(14)6-10/h3-7,12,18H,2,8,16H2,1H3. The van der Waals surface area contributed by atoms with Gasteiger partial charge in [-0.2, -0.15) is 5.10 Å². The number of nitrogens with two attached hydrogens (primary N) is 1. The highest BCUT2D eigenvalue weighted by Gasteiger charge is 2.19. The summed E-state index contributed by atoms with van der Waals surface area (Å²) in [5.74, 6) is 6.40. The van der Waals surface area contributed by atoms with Crippen LogP contribution >= 0.6 is 35.0 Å². The number of benzene rings is 1. The minimum absolute atomic E-state index is 0.0751. The van der Waals surface area contributed by atoms with Crippen LogP contribution in [0.4, 0.5) is 0 Å². The van der Waals surface area contributed by atoms with E-state index in [4.69, 9.17) is 29.0 Å². The first-order valence-electron chi connectivity index (χ1n) is 6.21. The van der Waals surface area contributed by atoms with Crippen LogP contribution in [0.3, 0.4) is 0 Å². The van der Waals surface area contributed by atoms with Crippen LogP contribution < -0.4 is 11.3 Å². The highest BCUT2D eigenvalue weighted by atomic mass is 35.5. The third kappa shape index (κ3) is 3.68. The lowest BCUT2D eigenvalue weighted by Crippen LogP contribution is -2.31. The number of nitrogens with one attached hydrogen (secondary N) is 1. The molecule has 0 radical (unpaired) electrons. The maximum atomic E-state index is 6.19. The number of hydrogen-bond acceptors (Lipinski definition) is 4. The molecule has 0 saturated heterocycles. The quantitative estimate of drug-likeness (QED) is 0.483. The van der Waals surface area contributed by atoms with Gasteiger partial charge in [0, 0.05) is 22.2 Å². The van der Waals surface area contributed by atoms with Crippen molar-refractivity contribution in [2.24, 2.45) is 5.84 Å². The van der Waals surface area contributed by atoms with Crippen molar-refractivity contribution in [1.29, 1.82) is 0 Å². The largest absolute Gasteiger partial charge is 0.271 e. The average Bonchev–Trinajstić information content (AvgIpc) is 2.81. The molecule has 1 heterocycles. The van der Waals surface area contributed by atoms with Crippen LogP contribution in [-0.2, 0) is 6.54 Å². The van der Waals surface area contributed by atoms with E-state index < -0.39 is 0 Å². The minimum atomic E-state index is -0.0751. The number of hydrazine groups is 1. The van der Waals surface area contributed by atoms with Crippen LogP contribution in [0.15, 0.2) is 35.4 Å². The summed E-state index contributed by atoms with van der Waals surface area (Å²) in [6.07, 6.45) is 1.65. The maximum Gasteiger partial charge on any atom is 0.0834 e. The van der Waals surface area contributed by atoms with E-state index in [1.165, 1.54) is 0 Å². The Labute approximate surface area is 132 Å². The van der Waals surface area contributed by atoms with Crippen molar-refractivity contribution in [1.82, 2.24) is 15.2 Å². The molecule has 1 aromatic heterocycles. The van der Waals surface area contributed by atoms with Crippen molar-refractivity contribution in [2.45, 2.75) is 24.4 Å². The number of rotatable bonds is 6. The summed E-state index contributed by atoms with van der Waals surface area (Å²) >= 11 is 13.8. The number of aryl methyl sites for hydroxylation is 1. The summed E-state index contributed by atoms with van der Waals surface area (Å²) in [6.45, 7) is 2.77. The molecule has 2 aromatic rings. The number of thioether (sulfide) groups is 1. The van der Waals surface area contributed by atoms with E-state index in [0.717, 1.165) is 27.9 Å². The molecule has 20 heavy (non-hydrogen) atoms. The lowest BCUT2D eigenvalue weighted by Gasteiger charge is -2.17. The van der Waals surface area contributed by atoms with E-state index in [2.05, 4.69) is 10.5 Å². The lowest BCUT2D eigenvalue weighted by molar-refractivity contribution is 0.528. The Morgan fingerprint density at radius 3 is 2.90 bits per heavy atom. The molecule has 1 aromatic carbocycles. The molecule has 0 aliphatic rings. The number of hydrogen-bond donors (Lipinski definition) is 2. The monoisotopic (exact) mass is 330 g/mol. The first-order chi connectivity index (χ1) is 9.65. The fourth-order valence-electron chi connectivity index (χ4n) is 1.91. The predicted octanol–water partition coefficient (Wildman–Crippen LogP) is 3.51. The average molecular weight is 331 g/mol. The van der Waals surface area contributed by atoms with Crippen molar-refractivity contribution >= 4 is 35.0 Å². The van der Waals surface area contributed by atoms with E-state index >= 15 is 0 Å². The Kier molecular flexibility index (Phi) is 5.74. The zero-order valence-corrected chi connectivity index (χ0v) is 13.3. The SMILES string of the molecule is CCn1ncc(Cl)c1C(CSc1cccc(Cl)c1)NN. The van der Waals surface area contributed by atoms with Gasteiger partial charge in [0.15, 0.2) is 0 Å². The van der Waals surface area contributed by atoms with Crippen LogP contribution in [0, 0.1) is 0 Å². The van der Waals surface area contributed by atoms with Gasteiger partial charge >= 0.3 is 0 Å². The Morgan fingerprint density at radius 2 is 2.25 bits per heavy atom. The molecule has 0 aliphatic heterocycles. The molecule has 1 atom stereocenters. The Bertz CT molecular complexity index is 573. The van der Waals surface area contributed by atoms with Crippen LogP contribution in [0.25, 0.3) is 0 Å². The predicted molar refractivity (Wildman–Crippen MR) is 85.2 cm³/mol. The van der Waals surface area contributed by atoms with Gasteiger partial charge in [0.05, 0.1) is 23.0 Å². The van der Waals surface area contributed by atoms with Crippen molar-refractivity contribution in [3.05, 3.63) is 46.2 Å². The summed E-state index contributed by atoms with van der Waals surface area (Å²) in [5.41, 5.74) is 3.71. The molecule has 0 bridgehead atoms. The van der Waals surface area contributed by atoms with Crippen LogP contribution in [0.2, 0.25) is 10.0 Å². The van der Waals surface area contributed by atoms with Gasteiger partial charge in [-0.1, -0.05) is 29.3 Å². The van der Waals surface area contributed by atoms with Gasteiger partial charge in [-0.15, -0.1) is 11.8 Å². The second-order valence-electron chi connectivity index (χ2n) is 4.18. The van der Waals surface area contributed by atoms with Crippen molar-refractivity contribution in [2.75, 3.05) is 5.75 Å². The highest BCUT2D eigenvalue weighted by molar-refractivity contribution is 7.99. The zero-order chi connectivity index (χ0) is 14.5. The van der Waals surface area contributed by atoms with Crippen LogP contribution in [0.5, 0.6) is 0 Å². The molecule has 108 valence electrons. The molecule has 1 unspecified atom stereocenters. The fourth-order valence-corrected chi connectivity index (χ4v) is 3.44. The molecular formula is C13H16Cl2N4S. The highest BCUT2D eigenvalue weighted by Crippen LogP contribution is 2.29. The molecule has 3 N–H and O–H groups in total. The third-order valence-corrected chi connectivity index (χ3v) is 4.49. The van der Waals surface area contributed by atoms with Gasteiger partial charge in [0.1, 0.15) is 0 Å². The van der Waals surface area contributed by atoms with Gasteiger partial charge < -0.3 is 0 Å². The fraction of sp³-hybridized carbons (Fsp3) is 0.308. The normalized spacial score (nSPS) is 12.6. The van der Waals surface area contributed by atoms with Gasteiger partial charge in [-0.05, 0) is 25.1 Å². The van der Waals surface area contributed by atoms with Gasteiger partial charge in [-0.25, -0.2) is 0 Å². The summed E-state index contributed by atoms with van der Waals surface area (Å²) in [5, 5.41) is 5.58. The molecule has 0 spiro atoms. The molecular weight excluding hydrogens is 315 g/mol. The van der Waals surface area contributed by atoms with Gasteiger partial charge in [0.25, 0.3) is 0 Å². The number of aromatic nitrogens is 2. The Hall–Kier alpha value is -0.720. The van der Waals surface area contributed by atoms with E-state index in [1.54, 1.807) is 18.0 Å². The van der Waals surface area contributed by atoms with E-state index in [9.17, 15) is 0 Å². The van der Waals surface area contributed by atoms with Crippen molar-refractivity contribution in [3.63, 3.8) is 0 Å². The topological polar surface area (TPSA) is 55.9 Å². The van der Waals surface area contributed by atoms with Crippen molar-refractivity contribution < 1.29 is 0 Å². The van der Waals surface area contributed by atoms with Gasteiger partial charge in [0.2, 0.25) is 0 Å². The van der Waals surface area contributed by atoms with Crippen LogP contribution in [0.1, 0.15) is 18.7 Å². The first-order valence-corrected chi connectivity index (χ1v) is 7.95. The summed E-state index contributed by atoms with van der Waals surface area (Å²) in [4.78, 5) is 1.09. The Balaban J connectivity index is 2.11. The van der Waals surface area contributed by atoms with E-state index in [0.29, 0.717) is 5.02 Å². The van der Waals surface area contributed by atoms with Crippen LogP contribution in [-0.4, -0.2) is 15.5 Å². The summed E-state index contributed by atoms with van der Waals surface area (Å²) in [7, 11) is 0. The minimum Gasteiger partial charge on any atom is -0.271 e. The van der Waals surface area contributed by atoms with E-state index in [-0.39, 0.29) is 6.04 Å². The molecule has 0 saturated carbocycles.